The second kappa shape index (κ2) is 8.06. The van der Waals surface area contributed by atoms with Crippen molar-refractivity contribution in [2.45, 2.75) is 31.5 Å². The van der Waals surface area contributed by atoms with Crippen LogP contribution in [-0.4, -0.2) is 65.3 Å². The van der Waals surface area contributed by atoms with Gasteiger partial charge in [0.1, 0.15) is 12.4 Å². The van der Waals surface area contributed by atoms with Crippen molar-refractivity contribution >= 4 is 5.91 Å². The van der Waals surface area contributed by atoms with E-state index in [1.807, 2.05) is 12.1 Å². The molecule has 2 aromatic rings. The maximum atomic E-state index is 12.2. The lowest BCUT2D eigenvalue weighted by molar-refractivity contribution is 0.0790. The summed E-state index contributed by atoms with van der Waals surface area (Å²) in [6, 6.07) is 8.71. The largest absolute Gasteiger partial charge is 0.491 e. The van der Waals surface area contributed by atoms with Crippen molar-refractivity contribution in [3.8, 4) is 5.75 Å². The van der Waals surface area contributed by atoms with E-state index in [4.69, 9.17) is 9.47 Å². The molecule has 1 aliphatic carbocycles. The average Bonchev–Trinajstić information content (AvgIpc) is 3.38. The highest BCUT2D eigenvalue weighted by atomic mass is 16.5. The van der Waals surface area contributed by atoms with Gasteiger partial charge in [0, 0.05) is 26.7 Å². The van der Waals surface area contributed by atoms with Crippen molar-refractivity contribution in [3.05, 3.63) is 41.7 Å². The summed E-state index contributed by atoms with van der Waals surface area (Å²) in [5.41, 5.74) is 1.63. The number of hydrogen-bond donors (Lipinski definition) is 1. The summed E-state index contributed by atoms with van der Waals surface area (Å²) in [7, 11) is 1.66. The van der Waals surface area contributed by atoms with Crippen LogP contribution in [0.3, 0.4) is 0 Å². The molecule has 0 unspecified atom stereocenters. The minimum absolute atomic E-state index is 0.135. The van der Waals surface area contributed by atoms with E-state index in [0.29, 0.717) is 24.9 Å². The van der Waals surface area contributed by atoms with E-state index in [-0.39, 0.29) is 11.9 Å². The summed E-state index contributed by atoms with van der Waals surface area (Å²) in [5, 5.41) is 11.0. The Morgan fingerprint density at radius 2 is 2.00 bits per heavy atom. The van der Waals surface area contributed by atoms with Gasteiger partial charge in [-0.15, -0.1) is 5.10 Å². The van der Waals surface area contributed by atoms with Crippen molar-refractivity contribution in [2.24, 2.45) is 0 Å². The van der Waals surface area contributed by atoms with Gasteiger partial charge >= 0.3 is 0 Å². The number of methoxy groups -OCH3 is 1. The van der Waals surface area contributed by atoms with Crippen molar-refractivity contribution in [3.63, 3.8) is 0 Å². The van der Waals surface area contributed by atoms with Crippen LogP contribution < -0.4 is 10.1 Å². The van der Waals surface area contributed by atoms with Gasteiger partial charge in [0.2, 0.25) is 0 Å². The normalized spacial score (nSPS) is 17.5. The highest BCUT2D eigenvalue weighted by molar-refractivity contribution is 5.92. The summed E-state index contributed by atoms with van der Waals surface area (Å²) in [5.74, 6) is 0.716. The van der Waals surface area contributed by atoms with Gasteiger partial charge < -0.3 is 14.8 Å². The highest BCUT2D eigenvalue weighted by Gasteiger charge is 2.30. The molecule has 0 bridgehead atoms. The molecule has 1 aromatic heterocycles. The van der Waals surface area contributed by atoms with Crippen molar-refractivity contribution < 1.29 is 14.3 Å². The van der Waals surface area contributed by atoms with E-state index in [9.17, 15) is 4.79 Å². The summed E-state index contributed by atoms with van der Waals surface area (Å²) in [6.07, 6.45) is 4.00. The molecule has 8 heteroatoms. The predicted molar refractivity (Wildman–Crippen MR) is 98.6 cm³/mol. The topological polar surface area (TPSA) is 81.5 Å². The van der Waals surface area contributed by atoms with Crippen LogP contribution in [0.15, 0.2) is 30.5 Å². The van der Waals surface area contributed by atoms with E-state index in [2.05, 4.69) is 32.7 Å². The van der Waals surface area contributed by atoms with Gasteiger partial charge in [0.05, 0.1) is 24.9 Å². The zero-order chi connectivity index (χ0) is 18.6. The van der Waals surface area contributed by atoms with Crippen LogP contribution in [0.2, 0.25) is 0 Å². The molecule has 1 amide bonds. The smallest absolute Gasteiger partial charge is 0.273 e. The first kappa shape index (κ1) is 17.9. The summed E-state index contributed by atoms with van der Waals surface area (Å²) in [4.78, 5) is 14.5. The highest BCUT2D eigenvalue weighted by Crippen LogP contribution is 2.33. The number of ether oxygens (including phenoxy) is 2. The number of hydrogen-bond acceptors (Lipinski definition) is 6. The minimum Gasteiger partial charge on any atom is -0.491 e. The standard InChI is InChI=1S/C19H25N5O3/c1-26-8-9-27-17-6-2-14(3-7-17)10-23-11-15(12-23)20-19(25)18-13-24(22-21-18)16-4-5-16/h2-3,6-7,13,15-16H,4-5,8-12H2,1H3,(H,20,25). The lowest BCUT2D eigenvalue weighted by atomic mass is 10.1. The maximum Gasteiger partial charge on any atom is 0.273 e. The zero-order valence-corrected chi connectivity index (χ0v) is 15.5. The molecular weight excluding hydrogens is 346 g/mol. The molecule has 27 heavy (non-hydrogen) atoms. The number of amides is 1. The lowest BCUT2D eigenvalue weighted by Gasteiger charge is -2.39. The van der Waals surface area contributed by atoms with Crippen LogP contribution in [0.1, 0.15) is 34.9 Å². The molecule has 1 aromatic carbocycles. The Morgan fingerprint density at radius 1 is 1.22 bits per heavy atom. The van der Waals surface area contributed by atoms with Gasteiger partial charge in [-0.3, -0.25) is 9.69 Å². The number of carbonyl (C=O) groups is 1. The second-order valence-corrected chi connectivity index (χ2v) is 7.16. The first-order valence-electron chi connectivity index (χ1n) is 9.37. The molecule has 2 aliphatic rings. The number of nitrogens with one attached hydrogen (secondary N) is 1. The number of benzene rings is 1. The number of rotatable bonds is 9. The minimum atomic E-state index is -0.135. The fourth-order valence-electron chi connectivity index (χ4n) is 3.14. The number of aromatic nitrogens is 3. The van der Waals surface area contributed by atoms with Crippen LogP contribution in [-0.2, 0) is 11.3 Å². The molecular formula is C19H25N5O3. The Hall–Kier alpha value is -2.45. The van der Waals surface area contributed by atoms with E-state index >= 15 is 0 Å². The van der Waals surface area contributed by atoms with Crippen LogP contribution in [0.25, 0.3) is 0 Å². The summed E-state index contributed by atoms with van der Waals surface area (Å²) in [6.45, 7) is 3.68. The fourth-order valence-corrected chi connectivity index (χ4v) is 3.14. The lowest BCUT2D eigenvalue weighted by Crippen LogP contribution is -2.58. The first-order chi connectivity index (χ1) is 13.2. The fraction of sp³-hybridized carbons (Fsp3) is 0.526. The van der Waals surface area contributed by atoms with Crippen LogP contribution in [0.5, 0.6) is 5.75 Å². The third kappa shape index (κ3) is 4.64. The van der Waals surface area contributed by atoms with Crippen LogP contribution in [0, 0.1) is 0 Å². The number of nitrogens with zero attached hydrogens (tertiary/aromatic N) is 4. The molecule has 1 saturated heterocycles. The van der Waals surface area contributed by atoms with Crippen molar-refractivity contribution in [1.82, 2.24) is 25.2 Å². The molecule has 144 valence electrons. The molecule has 1 N–H and O–H groups in total. The van der Waals surface area contributed by atoms with Gasteiger partial charge in [0.25, 0.3) is 5.91 Å². The number of likely N-dealkylation sites (tertiary alicyclic amines) is 1. The molecule has 1 aliphatic heterocycles. The number of carbonyl (C=O) groups excluding carboxylic acids is 1. The molecule has 2 heterocycles. The van der Waals surface area contributed by atoms with Gasteiger partial charge in [-0.05, 0) is 30.5 Å². The molecule has 0 spiro atoms. The molecule has 1 saturated carbocycles. The Morgan fingerprint density at radius 3 is 2.70 bits per heavy atom. The first-order valence-corrected chi connectivity index (χ1v) is 9.37. The molecule has 4 rings (SSSR count). The second-order valence-electron chi connectivity index (χ2n) is 7.16. The monoisotopic (exact) mass is 371 g/mol. The van der Waals surface area contributed by atoms with Crippen molar-refractivity contribution in [1.29, 1.82) is 0 Å². The Balaban J connectivity index is 1.18. The van der Waals surface area contributed by atoms with Gasteiger partial charge in [-0.2, -0.15) is 0 Å². The molecule has 8 nitrogen and oxygen atoms in total. The van der Waals surface area contributed by atoms with Gasteiger partial charge in [-0.25, -0.2) is 4.68 Å². The van der Waals surface area contributed by atoms with E-state index in [1.54, 1.807) is 18.0 Å². The maximum absolute atomic E-state index is 12.2. The Bertz CT molecular complexity index is 766. The van der Waals surface area contributed by atoms with E-state index in [1.165, 1.54) is 5.56 Å². The summed E-state index contributed by atoms with van der Waals surface area (Å²) < 4.78 is 12.3. The van der Waals surface area contributed by atoms with Crippen molar-refractivity contribution in [2.75, 3.05) is 33.4 Å². The average molecular weight is 371 g/mol. The third-order valence-electron chi connectivity index (χ3n) is 4.84. The van der Waals surface area contributed by atoms with Gasteiger partial charge in [-0.1, -0.05) is 17.3 Å². The molecule has 0 radical (unpaired) electrons. The van der Waals surface area contributed by atoms with Crippen LogP contribution >= 0.6 is 0 Å². The van der Waals surface area contributed by atoms with E-state index in [0.717, 1.165) is 38.2 Å². The SMILES string of the molecule is COCCOc1ccc(CN2CC(NC(=O)c3cn(C4CC4)nn3)C2)cc1. The quantitative estimate of drug-likeness (QED) is 0.668. The van der Waals surface area contributed by atoms with E-state index < -0.39 is 0 Å². The van der Waals surface area contributed by atoms with Crippen LogP contribution in [0.4, 0.5) is 0 Å². The third-order valence-corrected chi connectivity index (χ3v) is 4.84. The predicted octanol–water partition coefficient (Wildman–Crippen LogP) is 1.25. The Kier molecular flexibility index (Phi) is 5.35. The molecule has 0 atom stereocenters. The zero-order valence-electron chi connectivity index (χ0n) is 15.5. The van der Waals surface area contributed by atoms with Gasteiger partial charge in [0.15, 0.2) is 5.69 Å². The molecule has 2 fully saturated rings. The Labute approximate surface area is 158 Å². The summed E-state index contributed by atoms with van der Waals surface area (Å²) >= 11 is 0.